The molecule has 216 valence electrons. The van der Waals surface area contributed by atoms with Gasteiger partial charge in [0.2, 0.25) is 0 Å². The van der Waals surface area contributed by atoms with E-state index in [4.69, 9.17) is 14.2 Å². The fraction of sp³-hybridized carbons (Fsp3) is 0.560. The van der Waals surface area contributed by atoms with Gasteiger partial charge in [-0.15, -0.1) is 0 Å². The molecule has 0 radical (unpaired) electrons. The summed E-state index contributed by atoms with van der Waals surface area (Å²) in [5, 5.41) is 10.8. The summed E-state index contributed by atoms with van der Waals surface area (Å²) in [5.74, 6) is -2.60. The normalized spacial score (nSPS) is 23.9. The maximum atomic E-state index is 13.0. The van der Waals surface area contributed by atoms with Gasteiger partial charge in [0, 0.05) is 24.2 Å². The number of carbonyl (C=O) groups excluding carboxylic acids is 2. The number of cyclic esters (lactones) is 2. The van der Waals surface area contributed by atoms with Crippen LogP contribution in [0.2, 0.25) is 0 Å². The first-order chi connectivity index (χ1) is 19.1. The average Bonchev–Trinajstić information content (AvgIpc) is 3.32. The lowest BCUT2D eigenvalue weighted by atomic mass is 9.99. The number of piperidine rings is 1. The predicted molar refractivity (Wildman–Crippen MR) is 129 cm³/mol. The van der Waals surface area contributed by atoms with Gasteiger partial charge >= 0.3 is 36.3 Å². The maximum absolute atomic E-state index is 13.0. The Morgan fingerprint density at radius 3 is 2.35 bits per heavy atom. The van der Waals surface area contributed by atoms with E-state index in [1.165, 1.54) is 13.0 Å². The van der Waals surface area contributed by atoms with Gasteiger partial charge in [-0.2, -0.15) is 13.8 Å². The summed E-state index contributed by atoms with van der Waals surface area (Å²) < 4.78 is 47.0. The minimum atomic E-state index is -2.93. The highest BCUT2D eigenvalue weighted by Crippen LogP contribution is 2.37. The molecule has 13 nitrogen and oxygen atoms in total. The summed E-state index contributed by atoms with van der Waals surface area (Å²) in [6, 6.07) is 6.66. The summed E-state index contributed by atoms with van der Waals surface area (Å²) >= 11 is 0. The first-order valence-electron chi connectivity index (χ1n) is 12.8. The Hall–Kier alpha value is -3.69. The number of halogens is 2. The topological polar surface area (TPSA) is 151 Å². The van der Waals surface area contributed by atoms with Gasteiger partial charge in [-0.1, -0.05) is 18.2 Å². The van der Waals surface area contributed by atoms with E-state index in [-0.39, 0.29) is 49.5 Å². The minimum Gasteiger partial charge on any atom is -0.434 e. The summed E-state index contributed by atoms with van der Waals surface area (Å²) in [6.07, 6.45) is 0.165. The summed E-state index contributed by atoms with van der Waals surface area (Å²) in [4.78, 5) is 54.2. The van der Waals surface area contributed by atoms with Crippen LogP contribution in [0.5, 0.6) is 5.75 Å². The van der Waals surface area contributed by atoms with Gasteiger partial charge in [0.25, 0.3) is 0 Å². The van der Waals surface area contributed by atoms with Crippen LogP contribution < -0.4 is 16.1 Å². The van der Waals surface area contributed by atoms with Crippen molar-refractivity contribution in [3.05, 3.63) is 56.6 Å². The van der Waals surface area contributed by atoms with Gasteiger partial charge in [0.1, 0.15) is 11.6 Å². The van der Waals surface area contributed by atoms with Crippen molar-refractivity contribution in [2.75, 3.05) is 6.54 Å². The summed E-state index contributed by atoms with van der Waals surface area (Å²) in [5.41, 5.74) is -1.33. The fourth-order valence-electron chi connectivity index (χ4n) is 5.62. The van der Waals surface area contributed by atoms with Crippen molar-refractivity contribution in [3.63, 3.8) is 0 Å². The molecule has 4 heterocycles. The Balaban J connectivity index is 1.21. The van der Waals surface area contributed by atoms with E-state index in [2.05, 4.69) is 14.6 Å². The highest BCUT2D eigenvalue weighted by atomic mass is 19.3. The number of fused-ring (bicyclic) bond motifs is 2. The number of ether oxygens (including phenoxy) is 4. The van der Waals surface area contributed by atoms with Crippen molar-refractivity contribution < 1.29 is 42.4 Å². The van der Waals surface area contributed by atoms with Gasteiger partial charge in [0.05, 0.1) is 25.4 Å². The number of carbonyl (C=O) groups is 2. The number of aliphatic hydroxyl groups excluding tert-OH is 1. The van der Waals surface area contributed by atoms with Crippen LogP contribution in [0, 0.1) is 6.92 Å². The zero-order valence-corrected chi connectivity index (χ0v) is 21.5. The van der Waals surface area contributed by atoms with Crippen LogP contribution in [-0.2, 0) is 37.0 Å². The predicted octanol–water partition coefficient (Wildman–Crippen LogP) is 0.444. The van der Waals surface area contributed by atoms with Crippen molar-refractivity contribution in [2.24, 2.45) is 0 Å². The monoisotopic (exact) mass is 566 g/mol. The number of aliphatic hydroxyl groups is 1. The minimum absolute atomic E-state index is 0.0742. The molecule has 0 amide bonds. The highest BCUT2D eigenvalue weighted by molar-refractivity contribution is 6.30. The molecule has 5 rings (SSSR count). The lowest BCUT2D eigenvalue weighted by molar-refractivity contribution is -0.155. The van der Waals surface area contributed by atoms with Crippen LogP contribution in [0.15, 0.2) is 33.9 Å². The molecule has 0 aliphatic carbocycles. The molecule has 3 unspecified atom stereocenters. The lowest BCUT2D eigenvalue weighted by Gasteiger charge is -2.39. The molecule has 1 aromatic heterocycles. The molecule has 3 saturated heterocycles. The summed E-state index contributed by atoms with van der Waals surface area (Å²) in [6.45, 7) is -1.69. The SMILES string of the molecule is Cc1nc(=O)n(CC(O)CN2C3CCC2CC(OCc2ccccc2OC(F)F)C3)c(=O)n1C1OC(=O)C(=O)O1. The number of aromatic nitrogens is 3. The van der Waals surface area contributed by atoms with E-state index in [1.807, 2.05) is 0 Å². The quantitative estimate of drug-likeness (QED) is 0.315. The number of para-hydroxylation sites is 1. The Bertz CT molecular complexity index is 1370. The molecule has 1 aromatic carbocycles. The van der Waals surface area contributed by atoms with Crippen LogP contribution in [0.25, 0.3) is 0 Å². The molecule has 3 aliphatic rings. The molecule has 40 heavy (non-hydrogen) atoms. The number of rotatable bonds is 10. The highest BCUT2D eigenvalue weighted by Gasteiger charge is 2.42. The zero-order valence-electron chi connectivity index (χ0n) is 21.5. The van der Waals surface area contributed by atoms with E-state index in [9.17, 15) is 33.1 Å². The van der Waals surface area contributed by atoms with E-state index in [0.717, 1.165) is 17.4 Å². The van der Waals surface area contributed by atoms with Crippen molar-refractivity contribution in [1.82, 2.24) is 19.0 Å². The number of aryl methyl sites for hydroxylation is 1. The number of esters is 2. The second kappa shape index (κ2) is 11.4. The molecule has 2 aromatic rings. The Morgan fingerprint density at radius 2 is 1.70 bits per heavy atom. The second-order valence-electron chi connectivity index (χ2n) is 9.95. The molecule has 3 atom stereocenters. The molecule has 3 aliphatic heterocycles. The van der Waals surface area contributed by atoms with Crippen molar-refractivity contribution >= 4 is 11.9 Å². The molecule has 0 saturated carbocycles. The maximum Gasteiger partial charge on any atom is 0.422 e. The third-order valence-corrected chi connectivity index (χ3v) is 7.39. The van der Waals surface area contributed by atoms with Crippen LogP contribution >= 0.6 is 0 Å². The molecular formula is C25H28F2N4O9. The Kier molecular flexibility index (Phi) is 7.96. The Labute approximate surface area is 225 Å². The van der Waals surface area contributed by atoms with E-state index >= 15 is 0 Å². The summed E-state index contributed by atoms with van der Waals surface area (Å²) in [7, 11) is 0. The second-order valence-corrected chi connectivity index (χ2v) is 9.95. The molecule has 1 N–H and O–H groups in total. The van der Waals surface area contributed by atoms with E-state index in [1.54, 1.807) is 18.2 Å². The number of benzene rings is 1. The van der Waals surface area contributed by atoms with Crippen LogP contribution in [0.4, 0.5) is 8.78 Å². The molecular weight excluding hydrogens is 538 g/mol. The zero-order chi connectivity index (χ0) is 28.6. The third-order valence-electron chi connectivity index (χ3n) is 7.39. The molecule has 3 fully saturated rings. The average molecular weight is 567 g/mol. The number of hydrogen-bond acceptors (Lipinski definition) is 11. The smallest absolute Gasteiger partial charge is 0.422 e. The van der Waals surface area contributed by atoms with E-state index < -0.39 is 42.4 Å². The number of hydrogen-bond donors (Lipinski definition) is 1. The van der Waals surface area contributed by atoms with Crippen LogP contribution in [-0.4, -0.2) is 73.5 Å². The first-order valence-corrected chi connectivity index (χ1v) is 12.8. The first kappa shape index (κ1) is 27.9. The van der Waals surface area contributed by atoms with E-state index in [0.29, 0.717) is 23.0 Å². The fourth-order valence-corrected chi connectivity index (χ4v) is 5.62. The van der Waals surface area contributed by atoms with Gasteiger partial charge in [0.15, 0.2) is 0 Å². The van der Waals surface area contributed by atoms with Gasteiger partial charge < -0.3 is 24.1 Å². The molecule has 2 bridgehead atoms. The largest absolute Gasteiger partial charge is 0.434 e. The van der Waals surface area contributed by atoms with Gasteiger partial charge in [-0.3, -0.25) is 4.90 Å². The van der Waals surface area contributed by atoms with Crippen molar-refractivity contribution in [3.8, 4) is 5.75 Å². The van der Waals surface area contributed by atoms with Crippen LogP contribution in [0.3, 0.4) is 0 Å². The van der Waals surface area contributed by atoms with Gasteiger partial charge in [-0.05, 0) is 38.7 Å². The molecule has 0 spiro atoms. The number of alkyl halides is 2. The lowest BCUT2D eigenvalue weighted by Crippen LogP contribution is -2.51. The Morgan fingerprint density at radius 1 is 1.05 bits per heavy atom. The molecule has 15 heteroatoms. The third kappa shape index (κ3) is 5.76. The van der Waals surface area contributed by atoms with Crippen molar-refractivity contribution in [1.29, 1.82) is 0 Å². The standard InChI is InChI=1S/C25H28F2N4O9/c1-13-28-23(35)30(24(36)31(13)25-39-20(33)21(34)40-25)11-17(32)10-29-15-6-7-16(29)9-18(8-15)37-12-14-4-2-3-5-19(14)38-22(26)27/h2-5,15-18,22,25,32H,6-12H2,1H3. The van der Waals surface area contributed by atoms with Crippen molar-refractivity contribution in [2.45, 2.75) is 83.1 Å². The number of nitrogens with zero attached hydrogens (tertiary/aromatic N) is 4. The van der Waals surface area contributed by atoms with Crippen LogP contribution in [0.1, 0.15) is 43.5 Å². The van der Waals surface area contributed by atoms with Gasteiger partial charge in [-0.25, -0.2) is 28.3 Å².